The Kier molecular flexibility index (Phi) is 5.09. The van der Waals surface area contributed by atoms with Crippen molar-refractivity contribution >= 4 is 11.5 Å². The molecule has 1 heterocycles. The van der Waals surface area contributed by atoms with Crippen molar-refractivity contribution in [1.29, 1.82) is 0 Å². The van der Waals surface area contributed by atoms with Crippen LogP contribution in [0, 0.1) is 0 Å². The molecule has 3 nitrogen and oxygen atoms in total. The van der Waals surface area contributed by atoms with Crippen molar-refractivity contribution in [2.75, 3.05) is 36.0 Å². The SMILES string of the molecule is CCN(CC)c1ccnc(N(CC)CC)c1. The van der Waals surface area contributed by atoms with Crippen LogP contribution in [0.5, 0.6) is 0 Å². The summed E-state index contributed by atoms with van der Waals surface area (Å²) in [5.41, 5.74) is 1.27. The molecule has 0 unspecified atom stereocenters. The van der Waals surface area contributed by atoms with Gasteiger partial charge in [0.1, 0.15) is 5.82 Å². The van der Waals surface area contributed by atoms with Crippen LogP contribution in [0.1, 0.15) is 27.7 Å². The van der Waals surface area contributed by atoms with Crippen LogP contribution in [0.4, 0.5) is 11.5 Å². The lowest BCUT2D eigenvalue weighted by molar-refractivity contribution is 0.835. The van der Waals surface area contributed by atoms with Crippen LogP contribution in [0.25, 0.3) is 0 Å². The van der Waals surface area contributed by atoms with Crippen molar-refractivity contribution in [2.45, 2.75) is 27.7 Å². The molecule has 16 heavy (non-hydrogen) atoms. The third-order valence-corrected chi connectivity index (χ3v) is 2.95. The average molecular weight is 221 g/mol. The van der Waals surface area contributed by atoms with Crippen molar-refractivity contribution in [2.24, 2.45) is 0 Å². The molecule has 3 heteroatoms. The molecule has 1 rings (SSSR count). The Labute approximate surface area is 99.1 Å². The van der Waals surface area contributed by atoms with Gasteiger partial charge in [0.15, 0.2) is 0 Å². The summed E-state index contributed by atoms with van der Waals surface area (Å²) in [5, 5.41) is 0. The van der Waals surface area contributed by atoms with E-state index in [0.29, 0.717) is 0 Å². The second-order valence-corrected chi connectivity index (χ2v) is 3.72. The average Bonchev–Trinajstić information content (AvgIpc) is 2.33. The predicted octanol–water partition coefficient (Wildman–Crippen LogP) is 2.77. The van der Waals surface area contributed by atoms with Crippen molar-refractivity contribution in [1.82, 2.24) is 4.98 Å². The Hall–Kier alpha value is -1.25. The molecule has 0 amide bonds. The van der Waals surface area contributed by atoms with Crippen LogP contribution < -0.4 is 9.80 Å². The molecule has 0 atom stereocenters. The maximum absolute atomic E-state index is 4.43. The van der Waals surface area contributed by atoms with E-state index in [1.807, 2.05) is 6.20 Å². The molecular formula is C13H23N3. The zero-order valence-electron chi connectivity index (χ0n) is 10.9. The molecule has 1 aromatic heterocycles. The molecule has 0 aromatic carbocycles. The van der Waals surface area contributed by atoms with E-state index in [-0.39, 0.29) is 0 Å². The zero-order valence-corrected chi connectivity index (χ0v) is 10.9. The minimum Gasteiger partial charge on any atom is -0.372 e. The highest BCUT2D eigenvalue weighted by molar-refractivity contribution is 5.54. The Morgan fingerprint density at radius 1 is 0.938 bits per heavy atom. The van der Waals surface area contributed by atoms with Crippen molar-refractivity contribution in [3.05, 3.63) is 18.3 Å². The van der Waals surface area contributed by atoms with Gasteiger partial charge in [-0.15, -0.1) is 0 Å². The fourth-order valence-corrected chi connectivity index (χ4v) is 1.91. The minimum absolute atomic E-state index is 1.01. The highest BCUT2D eigenvalue weighted by Gasteiger charge is 2.06. The summed E-state index contributed by atoms with van der Waals surface area (Å²) in [7, 11) is 0. The van der Waals surface area contributed by atoms with Gasteiger partial charge in [-0.25, -0.2) is 4.98 Å². The topological polar surface area (TPSA) is 19.4 Å². The first kappa shape index (κ1) is 12.8. The van der Waals surface area contributed by atoms with Gasteiger partial charge in [0.2, 0.25) is 0 Å². The number of pyridine rings is 1. The molecular weight excluding hydrogens is 198 g/mol. The van der Waals surface area contributed by atoms with Gasteiger partial charge in [0, 0.05) is 44.1 Å². The minimum atomic E-state index is 1.01. The van der Waals surface area contributed by atoms with Gasteiger partial charge in [-0.2, -0.15) is 0 Å². The van der Waals surface area contributed by atoms with Gasteiger partial charge in [-0.1, -0.05) is 0 Å². The number of hydrogen-bond acceptors (Lipinski definition) is 3. The first-order valence-electron chi connectivity index (χ1n) is 6.22. The third-order valence-electron chi connectivity index (χ3n) is 2.95. The van der Waals surface area contributed by atoms with E-state index in [2.05, 4.69) is 54.6 Å². The largest absolute Gasteiger partial charge is 0.372 e. The molecule has 0 aliphatic heterocycles. The molecule has 0 N–H and O–H groups in total. The number of aromatic nitrogens is 1. The van der Waals surface area contributed by atoms with Crippen LogP contribution in [0.2, 0.25) is 0 Å². The van der Waals surface area contributed by atoms with Crippen LogP contribution in [0.3, 0.4) is 0 Å². The van der Waals surface area contributed by atoms with Gasteiger partial charge >= 0.3 is 0 Å². The van der Waals surface area contributed by atoms with Crippen LogP contribution in [-0.4, -0.2) is 31.2 Å². The predicted molar refractivity (Wildman–Crippen MR) is 71.4 cm³/mol. The van der Waals surface area contributed by atoms with E-state index in [1.165, 1.54) is 5.69 Å². The molecule has 0 spiro atoms. The van der Waals surface area contributed by atoms with Crippen molar-refractivity contribution in [3.63, 3.8) is 0 Å². The first-order chi connectivity index (χ1) is 7.76. The number of rotatable bonds is 6. The highest BCUT2D eigenvalue weighted by Crippen LogP contribution is 2.19. The molecule has 0 saturated carbocycles. The summed E-state index contributed by atoms with van der Waals surface area (Å²) in [5.74, 6) is 1.08. The summed E-state index contributed by atoms with van der Waals surface area (Å²) >= 11 is 0. The van der Waals surface area contributed by atoms with E-state index in [9.17, 15) is 0 Å². The zero-order chi connectivity index (χ0) is 12.0. The van der Waals surface area contributed by atoms with E-state index in [0.717, 1.165) is 32.0 Å². The van der Waals surface area contributed by atoms with Crippen molar-refractivity contribution < 1.29 is 0 Å². The van der Waals surface area contributed by atoms with E-state index in [4.69, 9.17) is 0 Å². The first-order valence-corrected chi connectivity index (χ1v) is 6.22. The molecule has 0 aliphatic rings. The quantitative estimate of drug-likeness (QED) is 0.736. The van der Waals surface area contributed by atoms with E-state index >= 15 is 0 Å². The fraction of sp³-hybridized carbons (Fsp3) is 0.615. The lowest BCUT2D eigenvalue weighted by Crippen LogP contribution is -2.25. The Balaban J connectivity index is 2.93. The summed E-state index contributed by atoms with van der Waals surface area (Å²) in [4.78, 5) is 9.04. The molecule has 0 bridgehead atoms. The highest BCUT2D eigenvalue weighted by atomic mass is 15.2. The molecule has 0 saturated heterocycles. The lowest BCUT2D eigenvalue weighted by atomic mass is 10.3. The van der Waals surface area contributed by atoms with Gasteiger partial charge in [0.25, 0.3) is 0 Å². The molecule has 0 radical (unpaired) electrons. The summed E-state index contributed by atoms with van der Waals surface area (Å²) in [6, 6.07) is 4.26. The summed E-state index contributed by atoms with van der Waals surface area (Å²) in [6.07, 6.45) is 1.90. The van der Waals surface area contributed by atoms with Crippen LogP contribution in [-0.2, 0) is 0 Å². The lowest BCUT2D eigenvalue weighted by Gasteiger charge is -2.24. The summed E-state index contributed by atoms with van der Waals surface area (Å²) < 4.78 is 0. The molecule has 90 valence electrons. The summed E-state index contributed by atoms with van der Waals surface area (Å²) in [6.45, 7) is 12.8. The molecule has 0 fully saturated rings. The van der Waals surface area contributed by atoms with Gasteiger partial charge < -0.3 is 9.80 Å². The Morgan fingerprint density at radius 2 is 1.50 bits per heavy atom. The van der Waals surface area contributed by atoms with Gasteiger partial charge in [0.05, 0.1) is 0 Å². The Morgan fingerprint density at radius 3 is 2.00 bits per heavy atom. The third kappa shape index (κ3) is 2.87. The molecule has 0 aliphatic carbocycles. The fourth-order valence-electron chi connectivity index (χ4n) is 1.91. The second-order valence-electron chi connectivity index (χ2n) is 3.72. The normalized spacial score (nSPS) is 10.2. The van der Waals surface area contributed by atoms with E-state index < -0.39 is 0 Å². The molecule has 1 aromatic rings. The van der Waals surface area contributed by atoms with Gasteiger partial charge in [-0.05, 0) is 33.8 Å². The second kappa shape index (κ2) is 6.36. The van der Waals surface area contributed by atoms with E-state index in [1.54, 1.807) is 0 Å². The smallest absolute Gasteiger partial charge is 0.130 e. The monoisotopic (exact) mass is 221 g/mol. The number of nitrogens with zero attached hydrogens (tertiary/aromatic N) is 3. The number of anilines is 2. The van der Waals surface area contributed by atoms with Crippen LogP contribution in [0.15, 0.2) is 18.3 Å². The van der Waals surface area contributed by atoms with Crippen molar-refractivity contribution in [3.8, 4) is 0 Å². The van der Waals surface area contributed by atoms with Gasteiger partial charge in [-0.3, -0.25) is 0 Å². The standard InChI is InChI=1S/C13H23N3/c1-5-15(6-2)12-9-10-14-13(11-12)16(7-3)8-4/h9-11H,5-8H2,1-4H3. The number of hydrogen-bond donors (Lipinski definition) is 0. The maximum Gasteiger partial charge on any atom is 0.130 e. The Bertz CT molecular complexity index is 277. The maximum atomic E-state index is 4.43. The van der Waals surface area contributed by atoms with Crippen LogP contribution >= 0.6 is 0 Å².